The highest BCUT2D eigenvalue weighted by atomic mass is 35.6. The van der Waals surface area contributed by atoms with Crippen molar-refractivity contribution in [2.75, 3.05) is 6.61 Å². The maximum absolute atomic E-state index is 12.2. The number of hydrogen-bond donors (Lipinski definition) is 3. The van der Waals surface area contributed by atoms with Gasteiger partial charge in [-0.2, -0.15) is 0 Å². The fourth-order valence-corrected chi connectivity index (χ4v) is 7.75. The first kappa shape index (κ1) is 22.8. The molecule has 0 aromatic carbocycles. The number of ether oxygens (including phenoxy) is 4. The molecule has 0 amide bonds. The second-order valence-corrected chi connectivity index (χ2v) is 13.1. The van der Waals surface area contributed by atoms with E-state index in [1.807, 2.05) is 0 Å². The van der Waals surface area contributed by atoms with Gasteiger partial charge in [-0.15, -0.1) is 0 Å². The number of esters is 1. The highest BCUT2D eigenvalue weighted by Gasteiger charge is 2.97. The third kappa shape index (κ3) is 2.40. The molecule has 2 spiro atoms. The SMILES string of the molecule is CC(C)[C@]1(O)[C@H](OC(=N)C(Cl)(Cl)Cl)[C@@H]2O[C@]23[C@]2(O[C@H]2C[C@H]2C4=C(CC[C@@]23C)C(=O)OC4)[C@@H]1O. The van der Waals surface area contributed by atoms with Crippen LogP contribution in [0.1, 0.15) is 40.0 Å². The number of epoxide rings is 2. The van der Waals surface area contributed by atoms with E-state index in [1.165, 1.54) is 0 Å². The van der Waals surface area contributed by atoms with Gasteiger partial charge in [0.25, 0.3) is 3.79 Å². The van der Waals surface area contributed by atoms with E-state index in [9.17, 15) is 15.0 Å². The molecule has 0 unspecified atom stereocenters. The fraction of sp³-hybridized carbons (Fsp3) is 0.818. The number of fused-ring (bicyclic) bond motifs is 2. The van der Waals surface area contributed by atoms with Crippen LogP contribution in [0, 0.1) is 22.7 Å². The first-order chi connectivity index (χ1) is 15.3. The molecule has 6 aliphatic rings. The summed E-state index contributed by atoms with van der Waals surface area (Å²) in [5.41, 5.74) is -2.69. The highest BCUT2D eigenvalue weighted by molar-refractivity contribution is 6.76. The largest absolute Gasteiger partial charge is 0.469 e. The molecule has 3 heterocycles. The van der Waals surface area contributed by atoms with Crippen molar-refractivity contribution in [1.29, 1.82) is 5.41 Å². The van der Waals surface area contributed by atoms with Crippen molar-refractivity contribution < 1.29 is 34.0 Å². The molecule has 182 valence electrons. The molecule has 2 saturated heterocycles. The van der Waals surface area contributed by atoms with E-state index in [0.717, 1.165) is 11.1 Å². The van der Waals surface area contributed by atoms with Crippen molar-refractivity contribution in [3.8, 4) is 0 Å². The van der Waals surface area contributed by atoms with E-state index in [1.54, 1.807) is 13.8 Å². The summed E-state index contributed by atoms with van der Waals surface area (Å²) in [5.74, 6) is -1.43. The fourth-order valence-electron chi connectivity index (χ4n) is 7.62. The minimum absolute atomic E-state index is 0.0379. The number of aliphatic hydroxyl groups excluding tert-OH is 1. The van der Waals surface area contributed by atoms with Crippen LogP contribution in [0.5, 0.6) is 0 Å². The number of hydrogen-bond acceptors (Lipinski definition) is 8. The first-order valence-electron chi connectivity index (χ1n) is 11.2. The third-order valence-electron chi connectivity index (χ3n) is 9.37. The van der Waals surface area contributed by atoms with Gasteiger partial charge in [0.1, 0.15) is 30.0 Å². The Morgan fingerprint density at radius 3 is 2.64 bits per heavy atom. The molecule has 3 N–H and O–H groups in total. The summed E-state index contributed by atoms with van der Waals surface area (Å²) in [6.07, 6.45) is -1.78. The van der Waals surface area contributed by atoms with Crippen LogP contribution < -0.4 is 0 Å². The average Bonchev–Trinajstić information content (AvgIpc) is 3.61. The van der Waals surface area contributed by atoms with E-state index >= 15 is 0 Å². The monoisotopic (exact) mass is 521 g/mol. The smallest absolute Gasteiger partial charge is 0.334 e. The molecular formula is C22H26Cl3NO7. The van der Waals surface area contributed by atoms with Crippen LogP contribution >= 0.6 is 34.8 Å². The van der Waals surface area contributed by atoms with Crippen molar-refractivity contribution >= 4 is 46.7 Å². The maximum atomic E-state index is 12.2. The van der Waals surface area contributed by atoms with Crippen LogP contribution in [-0.4, -0.2) is 73.7 Å². The second kappa shape index (κ2) is 6.38. The minimum Gasteiger partial charge on any atom is -0.469 e. The summed E-state index contributed by atoms with van der Waals surface area (Å²) in [4.78, 5) is 12.2. The van der Waals surface area contributed by atoms with E-state index in [0.29, 0.717) is 19.3 Å². The van der Waals surface area contributed by atoms with Crippen LogP contribution in [0.25, 0.3) is 0 Å². The van der Waals surface area contributed by atoms with Gasteiger partial charge in [-0.25, -0.2) is 4.79 Å². The molecule has 0 bridgehead atoms. The summed E-state index contributed by atoms with van der Waals surface area (Å²) in [6.45, 7) is 5.86. The molecule has 3 aliphatic carbocycles. The van der Waals surface area contributed by atoms with Crippen LogP contribution in [0.3, 0.4) is 0 Å². The van der Waals surface area contributed by atoms with Crippen molar-refractivity contribution in [3.05, 3.63) is 11.1 Å². The van der Waals surface area contributed by atoms with Crippen molar-refractivity contribution in [2.45, 2.75) is 85.0 Å². The Balaban J connectivity index is 1.46. The van der Waals surface area contributed by atoms with Crippen molar-refractivity contribution in [2.24, 2.45) is 17.3 Å². The van der Waals surface area contributed by atoms with Gasteiger partial charge >= 0.3 is 5.97 Å². The number of halogens is 3. The van der Waals surface area contributed by atoms with Crippen LogP contribution in [0.15, 0.2) is 11.1 Å². The molecule has 6 rings (SSSR count). The summed E-state index contributed by atoms with van der Waals surface area (Å²) >= 11 is 17.6. The van der Waals surface area contributed by atoms with Crippen LogP contribution in [0.2, 0.25) is 0 Å². The molecule has 3 aliphatic heterocycles. The first-order valence-corrected chi connectivity index (χ1v) is 12.4. The number of carbonyl (C=O) groups is 1. The number of cyclic esters (lactones) is 1. The third-order valence-corrected chi connectivity index (χ3v) is 9.89. The molecule has 4 fully saturated rings. The quantitative estimate of drug-likeness (QED) is 0.167. The lowest BCUT2D eigenvalue weighted by Gasteiger charge is -2.57. The molecule has 0 aromatic rings. The predicted molar refractivity (Wildman–Crippen MR) is 117 cm³/mol. The molecule has 33 heavy (non-hydrogen) atoms. The van der Waals surface area contributed by atoms with Gasteiger partial charge in [0, 0.05) is 11.0 Å². The standard InChI is InChI=1S/C22H26Cl3NO7/c1-8(2)19(29)13(31-17(26)22(23,24)25)14-21(33-14)18(3)5-4-9-10(7-30-15(9)27)11(18)6-12-20(21,32-12)16(19)28/h8,11-14,16,26,28-29H,4-7H2,1-3H3/t11-,12-,13+,14-,16+,18-,19-,20+,21+/m0/s1. The Morgan fingerprint density at radius 2 is 2.00 bits per heavy atom. The summed E-state index contributed by atoms with van der Waals surface area (Å²) in [7, 11) is 0. The number of carbonyl (C=O) groups excluding carboxylic acids is 1. The van der Waals surface area contributed by atoms with Crippen LogP contribution in [0.4, 0.5) is 0 Å². The normalized spacial score (nSPS) is 51.7. The Hall–Kier alpha value is -0.610. The lowest BCUT2D eigenvalue weighted by atomic mass is 9.45. The zero-order chi connectivity index (χ0) is 23.9. The predicted octanol–water partition coefficient (Wildman–Crippen LogP) is 2.43. The van der Waals surface area contributed by atoms with E-state index in [2.05, 4.69) is 6.92 Å². The van der Waals surface area contributed by atoms with Gasteiger partial charge in [-0.05, 0) is 36.7 Å². The minimum atomic E-state index is -2.14. The number of alkyl halides is 3. The molecule has 2 saturated carbocycles. The Kier molecular flexibility index (Phi) is 4.42. The Labute approximate surface area is 205 Å². The van der Waals surface area contributed by atoms with Gasteiger partial charge in [0.05, 0.1) is 6.10 Å². The number of aliphatic hydroxyl groups is 2. The Bertz CT molecular complexity index is 1010. The average molecular weight is 523 g/mol. The molecule has 0 aromatic heterocycles. The summed E-state index contributed by atoms with van der Waals surface area (Å²) < 4.78 is 21.7. The van der Waals surface area contributed by atoms with E-state index in [-0.39, 0.29) is 24.6 Å². The van der Waals surface area contributed by atoms with Gasteiger partial charge in [0.15, 0.2) is 11.7 Å². The van der Waals surface area contributed by atoms with Gasteiger partial charge in [-0.1, -0.05) is 55.6 Å². The number of nitrogens with one attached hydrogen (secondary N) is 1. The van der Waals surface area contributed by atoms with Crippen LogP contribution in [-0.2, 0) is 23.7 Å². The molecule has 0 radical (unpaired) electrons. The zero-order valence-electron chi connectivity index (χ0n) is 18.4. The lowest BCUT2D eigenvalue weighted by Crippen LogP contribution is -2.76. The molecular weight excluding hydrogens is 497 g/mol. The number of rotatable bonds is 2. The highest BCUT2D eigenvalue weighted by Crippen LogP contribution is 2.80. The molecule has 9 atom stereocenters. The van der Waals surface area contributed by atoms with Crippen molar-refractivity contribution in [3.63, 3.8) is 0 Å². The van der Waals surface area contributed by atoms with Gasteiger partial charge in [-0.3, -0.25) is 5.41 Å². The van der Waals surface area contributed by atoms with Crippen molar-refractivity contribution in [1.82, 2.24) is 0 Å². The molecule has 8 nitrogen and oxygen atoms in total. The van der Waals surface area contributed by atoms with Gasteiger partial charge < -0.3 is 29.2 Å². The molecule has 11 heteroatoms. The van der Waals surface area contributed by atoms with E-state index in [4.69, 9.17) is 59.2 Å². The second-order valence-electron chi connectivity index (χ2n) is 10.8. The van der Waals surface area contributed by atoms with Gasteiger partial charge in [0.2, 0.25) is 5.90 Å². The summed E-state index contributed by atoms with van der Waals surface area (Å²) in [5, 5.41) is 31.7. The maximum Gasteiger partial charge on any atom is 0.334 e. The summed E-state index contributed by atoms with van der Waals surface area (Å²) in [6, 6.07) is 0. The lowest BCUT2D eigenvalue weighted by molar-refractivity contribution is -0.220. The Morgan fingerprint density at radius 1 is 1.30 bits per heavy atom. The topological polar surface area (TPSA) is 125 Å². The zero-order valence-corrected chi connectivity index (χ0v) is 20.6. The van der Waals surface area contributed by atoms with E-state index < -0.39 is 56.1 Å².